The van der Waals surface area contributed by atoms with Crippen molar-refractivity contribution in [3.63, 3.8) is 0 Å². The van der Waals surface area contributed by atoms with Crippen molar-refractivity contribution in [1.29, 1.82) is 0 Å². The van der Waals surface area contributed by atoms with Crippen molar-refractivity contribution in [2.75, 3.05) is 6.61 Å². The van der Waals surface area contributed by atoms with E-state index in [9.17, 15) is 0 Å². The Hall–Kier alpha value is -0.940. The van der Waals surface area contributed by atoms with Gasteiger partial charge in [-0.1, -0.05) is 44.7 Å². The molecular formula is C16H29N3O2. The van der Waals surface area contributed by atoms with Crippen molar-refractivity contribution >= 4 is 0 Å². The van der Waals surface area contributed by atoms with Crippen LogP contribution in [0.15, 0.2) is 4.52 Å². The first kappa shape index (κ1) is 16.4. The summed E-state index contributed by atoms with van der Waals surface area (Å²) in [5, 5.41) is 4.21. The Kier molecular flexibility index (Phi) is 5.38. The highest BCUT2D eigenvalue weighted by molar-refractivity contribution is 5.07. The number of nitrogens with two attached hydrogens (primary N) is 1. The van der Waals surface area contributed by atoms with Crippen molar-refractivity contribution in [2.45, 2.75) is 83.3 Å². The Morgan fingerprint density at radius 2 is 1.76 bits per heavy atom. The monoisotopic (exact) mass is 295 g/mol. The number of hydrogen-bond acceptors (Lipinski definition) is 5. The van der Waals surface area contributed by atoms with Crippen LogP contribution in [0.2, 0.25) is 0 Å². The van der Waals surface area contributed by atoms with Gasteiger partial charge in [0.05, 0.1) is 5.54 Å². The van der Waals surface area contributed by atoms with Crippen molar-refractivity contribution in [3.8, 4) is 0 Å². The Labute approximate surface area is 127 Å². The van der Waals surface area contributed by atoms with Crippen molar-refractivity contribution < 1.29 is 9.26 Å². The standard InChI is InChI=1S/C16H29N3O2/c1-4-16(5-2,20-6-3)13-18-14(21-19-13)15(17)11-9-7-8-10-12-15/h4-12,17H2,1-3H3. The predicted octanol–water partition coefficient (Wildman–Crippen LogP) is 3.63. The fraction of sp³-hybridized carbons (Fsp3) is 0.875. The van der Waals surface area contributed by atoms with Gasteiger partial charge in [0.25, 0.3) is 0 Å². The molecule has 0 spiro atoms. The van der Waals surface area contributed by atoms with E-state index in [-0.39, 0.29) is 0 Å². The number of aromatic nitrogens is 2. The van der Waals surface area contributed by atoms with E-state index in [2.05, 4.69) is 24.0 Å². The minimum absolute atomic E-state index is 0.447. The van der Waals surface area contributed by atoms with Crippen LogP contribution in [0.5, 0.6) is 0 Å². The topological polar surface area (TPSA) is 74.2 Å². The fourth-order valence-electron chi connectivity index (χ4n) is 3.30. The van der Waals surface area contributed by atoms with Crippen molar-refractivity contribution in [3.05, 3.63) is 11.7 Å². The number of rotatable bonds is 6. The molecule has 21 heavy (non-hydrogen) atoms. The van der Waals surface area contributed by atoms with Gasteiger partial charge in [-0.05, 0) is 32.6 Å². The molecule has 1 aromatic rings. The maximum atomic E-state index is 6.56. The van der Waals surface area contributed by atoms with Gasteiger partial charge in [0.1, 0.15) is 5.60 Å². The van der Waals surface area contributed by atoms with Gasteiger partial charge in [-0.2, -0.15) is 4.98 Å². The summed E-state index contributed by atoms with van der Waals surface area (Å²) in [4.78, 5) is 4.65. The maximum absolute atomic E-state index is 6.56. The molecule has 5 heteroatoms. The second-order valence-electron chi connectivity index (χ2n) is 6.13. The van der Waals surface area contributed by atoms with E-state index in [1.807, 2.05) is 6.92 Å². The first-order valence-corrected chi connectivity index (χ1v) is 8.37. The number of hydrogen-bond donors (Lipinski definition) is 1. The molecule has 1 fully saturated rings. The summed E-state index contributed by atoms with van der Waals surface area (Å²) in [5.41, 5.74) is 5.65. The Bertz CT molecular complexity index is 432. The number of ether oxygens (including phenoxy) is 1. The molecule has 0 aromatic carbocycles. The Morgan fingerprint density at radius 3 is 2.29 bits per heavy atom. The molecule has 120 valence electrons. The van der Waals surface area contributed by atoms with E-state index < -0.39 is 11.1 Å². The summed E-state index contributed by atoms with van der Waals surface area (Å²) in [5.74, 6) is 1.24. The third kappa shape index (κ3) is 3.29. The average Bonchev–Trinajstić information content (AvgIpc) is 2.90. The second kappa shape index (κ2) is 6.88. The van der Waals surface area contributed by atoms with E-state index >= 15 is 0 Å². The maximum Gasteiger partial charge on any atom is 0.246 e. The third-order valence-electron chi connectivity index (χ3n) is 4.82. The highest BCUT2D eigenvalue weighted by Crippen LogP contribution is 2.36. The van der Waals surface area contributed by atoms with E-state index in [0.29, 0.717) is 18.3 Å². The van der Waals surface area contributed by atoms with Crippen molar-refractivity contribution in [2.24, 2.45) is 5.73 Å². The van der Waals surface area contributed by atoms with Crippen LogP contribution in [0.1, 0.15) is 83.9 Å². The van der Waals surface area contributed by atoms with E-state index in [1.54, 1.807) is 0 Å². The van der Waals surface area contributed by atoms with Gasteiger partial charge < -0.3 is 15.0 Å². The molecule has 1 saturated carbocycles. The molecule has 1 heterocycles. The summed E-state index contributed by atoms with van der Waals surface area (Å²) < 4.78 is 11.5. The molecule has 2 rings (SSSR count). The molecule has 1 aliphatic carbocycles. The van der Waals surface area contributed by atoms with E-state index in [0.717, 1.165) is 38.5 Å². The summed E-state index contributed by atoms with van der Waals surface area (Å²) in [7, 11) is 0. The quantitative estimate of drug-likeness (QED) is 0.811. The largest absolute Gasteiger partial charge is 0.367 e. The molecule has 0 radical (unpaired) electrons. The van der Waals surface area contributed by atoms with Crippen LogP contribution in [0.25, 0.3) is 0 Å². The molecule has 0 atom stereocenters. The Morgan fingerprint density at radius 1 is 1.14 bits per heavy atom. The lowest BCUT2D eigenvalue weighted by atomic mass is 9.91. The summed E-state index contributed by atoms with van der Waals surface area (Å²) in [6.07, 6.45) is 8.25. The normalized spacial score (nSPS) is 19.4. The van der Waals surface area contributed by atoms with Gasteiger partial charge in [-0.15, -0.1) is 0 Å². The highest BCUT2D eigenvalue weighted by atomic mass is 16.5. The molecule has 1 aliphatic rings. The van der Waals surface area contributed by atoms with Crippen LogP contribution in [0.4, 0.5) is 0 Å². The lowest BCUT2D eigenvalue weighted by molar-refractivity contribution is -0.0583. The summed E-state index contributed by atoms with van der Waals surface area (Å²) >= 11 is 0. The minimum atomic E-state index is -0.457. The molecule has 1 aromatic heterocycles. The van der Waals surface area contributed by atoms with Gasteiger partial charge in [-0.25, -0.2) is 0 Å². The molecule has 5 nitrogen and oxygen atoms in total. The zero-order valence-electron chi connectivity index (χ0n) is 13.7. The van der Waals surface area contributed by atoms with E-state index in [4.69, 9.17) is 15.0 Å². The summed E-state index contributed by atoms with van der Waals surface area (Å²) in [6.45, 7) is 6.83. The zero-order valence-corrected chi connectivity index (χ0v) is 13.7. The van der Waals surface area contributed by atoms with Crippen LogP contribution in [0, 0.1) is 0 Å². The lowest BCUT2D eigenvalue weighted by Crippen LogP contribution is -2.37. The summed E-state index contributed by atoms with van der Waals surface area (Å²) in [6, 6.07) is 0. The van der Waals surface area contributed by atoms with Gasteiger partial charge in [-0.3, -0.25) is 0 Å². The molecular weight excluding hydrogens is 266 g/mol. The SMILES string of the molecule is CCOC(CC)(CC)c1noc(C2(N)CCCCCC2)n1. The van der Waals surface area contributed by atoms with Gasteiger partial charge in [0.15, 0.2) is 0 Å². The molecule has 0 aliphatic heterocycles. The van der Waals surface area contributed by atoms with E-state index in [1.165, 1.54) is 12.8 Å². The smallest absolute Gasteiger partial charge is 0.246 e. The van der Waals surface area contributed by atoms with Crippen molar-refractivity contribution in [1.82, 2.24) is 10.1 Å². The average molecular weight is 295 g/mol. The van der Waals surface area contributed by atoms with Crippen LogP contribution in [-0.2, 0) is 15.9 Å². The zero-order chi connectivity index (χ0) is 15.3. The molecule has 0 amide bonds. The third-order valence-corrected chi connectivity index (χ3v) is 4.82. The predicted molar refractivity (Wildman–Crippen MR) is 81.8 cm³/mol. The molecule has 0 unspecified atom stereocenters. The molecule has 2 N–H and O–H groups in total. The van der Waals surface area contributed by atoms with Crippen LogP contribution < -0.4 is 5.73 Å². The lowest BCUT2D eigenvalue weighted by Gasteiger charge is -2.28. The van der Waals surface area contributed by atoms with Crippen LogP contribution in [0.3, 0.4) is 0 Å². The van der Waals surface area contributed by atoms with Gasteiger partial charge in [0.2, 0.25) is 11.7 Å². The molecule has 0 bridgehead atoms. The Balaban J connectivity index is 2.27. The van der Waals surface area contributed by atoms with Gasteiger partial charge in [0, 0.05) is 6.61 Å². The minimum Gasteiger partial charge on any atom is -0.367 e. The van der Waals surface area contributed by atoms with Crippen LogP contribution in [-0.4, -0.2) is 16.7 Å². The second-order valence-corrected chi connectivity index (χ2v) is 6.13. The fourth-order valence-corrected chi connectivity index (χ4v) is 3.30. The first-order valence-electron chi connectivity index (χ1n) is 8.37. The number of nitrogens with zero attached hydrogens (tertiary/aromatic N) is 2. The van der Waals surface area contributed by atoms with Gasteiger partial charge >= 0.3 is 0 Å². The first-order chi connectivity index (χ1) is 10.1. The van der Waals surface area contributed by atoms with Crippen LogP contribution >= 0.6 is 0 Å². The molecule has 0 saturated heterocycles. The highest BCUT2D eigenvalue weighted by Gasteiger charge is 2.39.